The quantitative estimate of drug-likeness (QED) is 0.929. The molecule has 1 aliphatic rings. The lowest BCUT2D eigenvalue weighted by molar-refractivity contribution is 0.135. The molecule has 1 saturated heterocycles. The van der Waals surface area contributed by atoms with E-state index in [-0.39, 0.29) is 6.03 Å². The van der Waals surface area contributed by atoms with Crippen molar-refractivity contribution in [3.63, 3.8) is 0 Å². The van der Waals surface area contributed by atoms with Crippen LogP contribution in [0, 0.1) is 0 Å². The molecule has 2 aromatic rings. The van der Waals surface area contributed by atoms with Gasteiger partial charge in [-0.1, -0.05) is 30.3 Å². The average Bonchev–Trinajstić information content (AvgIpc) is 2.99. The number of nitrogens with zero attached hydrogens (tertiary/aromatic N) is 4. The zero-order valence-electron chi connectivity index (χ0n) is 13.5. The Morgan fingerprint density at radius 2 is 1.87 bits per heavy atom. The number of carbonyl (C=O) groups is 1. The minimum absolute atomic E-state index is 0.00515. The Kier molecular flexibility index (Phi) is 4.92. The molecule has 1 aromatic heterocycles. The molecule has 2 amide bonds. The summed E-state index contributed by atoms with van der Waals surface area (Å²) in [6.45, 7) is 4.82. The van der Waals surface area contributed by atoms with E-state index in [2.05, 4.69) is 39.6 Å². The molecule has 23 heavy (non-hydrogen) atoms. The predicted octanol–water partition coefficient (Wildman–Crippen LogP) is 1.45. The predicted molar refractivity (Wildman–Crippen MR) is 88.7 cm³/mol. The smallest absolute Gasteiger partial charge is 0.317 e. The molecule has 1 aromatic carbocycles. The molecule has 1 aliphatic heterocycles. The number of piperazine rings is 1. The normalized spacial score (nSPS) is 15.6. The third-order valence-corrected chi connectivity index (χ3v) is 4.25. The van der Waals surface area contributed by atoms with Gasteiger partial charge in [0, 0.05) is 46.0 Å². The Labute approximate surface area is 136 Å². The van der Waals surface area contributed by atoms with Crippen molar-refractivity contribution in [1.82, 2.24) is 24.9 Å². The highest BCUT2D eigenvalue weighted by Gasteiger charge is 2.20. The number of urea groups is 1. The second-order valence-electron chi connectivity index (χ2n) is 5.85. The molecule has 122 valence electrons. The molecule has 0 bridgehead atoms. The molecule has 0 aliphatic carbocycles. The first-order chi connectivity index (χ1) is 11.2. The van der Waals surface area contributed by atoms with E-state index >= 15 is 0 Å². The molecule has 6 nitrogen and oxygen atoms in total. The fraction of sp³-hybridized carbons (Fsp3) is 0.412. The van der Waals surface area contributed by atoms with Crippen molar-refractivity contribution in [1.29, 1.82) is 0 Å². The van der Waals surface area contributed by atoms with E-state index in [4.69, 9.17) is 0 Å². The summed E-state index contributed by atoms with van der Waals surface area (Å²) in [5.74, 6) is 0. The largest absolute Gasteiger partial charge is 0.332 e. The van der Waals surface area contributed by atoms with Gasteiger partial charge in [-0.3, -0.25) is 9.58 Å². The highest BCUT2D eigenvalue weighted by Crippen LogP contribution is 2.08. The molecule has 0 atom stereocenters. The number of nitrogens with one attached hydrogen (secondary N) is 1. The third kappa shape index (κ3) is 4.10. The molecule has 2 heterocycles. The summed E-state index contributed by atoms with van der Waals surface area (Å²) in [5, 5.41) is 7.07. The van der Waals surface area contributed by atoms with Crippen molar-refractivity contribution >= 4 is 6.03 Å². The van der Waals surface area contributed by atoms with Crippen LogP contribution in [0.5, 0.6) is 0 Å². The number of carbonyl (C=O) groups excluding carboxylic acids is 1. The summed E-state index contributed by atoms with van der Waals surface area (Å²) < 4.78 is 1.78. The number of rotatable bonds is 4. The summed E-state index contributed by atoms with van der Waals surface area (Å²) >= 11 is 0. The molecular formula is C17H23N5O. The maximum atomic E-state index is 12.2. The van der Waals surface area contributed by atoms with E-state index in [0.717, 1.165) is 38.4 Å². The maximum absolute atomic E-state index is 12.2. The van der Waals surface area contributed by atoms with Gasteiger partial charge < -0.3 is 10.2 Å². The lowest BCUT2D eigenvalue weighted by atomic mass is 10.2. The van der Waals surface area contributed by atoms with Crippen molar-refractivity contribution in [2.45, 2.75) is 13.1 Å². The van der Waals surface area contributed by atoms with Crippen LogP contribution in [-0.4, -0.2) is 51.8 Å². The Hall–Kier alpha value is -2.34. The molecule has 0 radical (unpaired) electrons. The number of amides is 2. The van der Waals surface area contributed by atoms with E-state index in [1.807, 2.05) is 24.1 Å². The fourth-order valence-electron chi connectivity index (χ4n) is 2.80. The van der Waals surface area contributed by atoms with E-state index in [1.165, 1.54) is 5.56 Å². The summed E-state index contributed by atoms with van der Waals surface area (Å²) in [6.07, 6.45) is 1.74. The van der Waals surface area contributed by atoms with Gasteiger partial charge in [-0.05, 0) is 11.6 Å². The first-order valence-corrected chi connectivity index (χ1v) is 7.98. The fourth-order valence-corrected chi connectivity index (χ4v) is 2.80. The maximum Gasteiger partial charge on any atom is 0.317 e. The minimum atomic E-state index is 0.00515. The summed E-state index contributed by atoms with van der Waals surface area (Å²) in [6, 6.07) is 12.4. The van der Waals surface area contributed by atoms with Gasteiger partial charge in [0.2, 0.25) is 0 Å². The number of aromatic nitrogens is 2. The molecule has 3 rings (SSSR count). The Bertz CT molecular complexity index is 631. The third-order valence-electron chi connectivity index (χ3n) is 4.25. The number of hydrogen-bond donors (Lipinski definition) is 1. The van der Waals surface area contributed by atoms with Gasteiger partial charge in [0.25, 0.3) is 0 Å². The average molecular weight is 313 g/mol. The Balaban J connectivity index is 1.43. The zero-order valence-corrected chi connectivity index (χ0v) is 13.5. The van der Waals surface area contributed by atoms with Gasteiger partial charge in [-0.25, -0.2) is 4.79 Å². The molecule has 0 spiro atoms. The zero-order chi connectivity index (χ0) is 16.1. The van der Waals surface area contributed by atoms with Crippen LogP contribution in [0.15, 0.2) is 42.6 Å². The monoisotopic (exact) mass is 313 g/mol. The summed E-state index contributed by atoms with van der Waals surface area (Å²) in [7, 11) is 1.88. The van der Waals surface area contributed by atoms with Gasteiger partial charge in [0.15, 0.2) is 0 Å². The topological polar surface area (TPSA) is 53.4 Å². The molecule has 1 fully saturated rings. The van der Waals surface area contributed by atoms with Gasteiger partial charge in [-0.15, -0.1) is 0 Å². The highest BCUT2D eigenvalue weighted by atomic mass is 16.2. The van der Waals surface area contributed by atoms with Crippen LogP contribution in [0.2, 0.25) is 0 Å². The van der Waals surface area contributed by atoms with Gasteiger partial charge >= 0.3 is 6.03 Å². The first-order valence-electron chi connectivity index (χ1n) is 7.98. The molecule has 6 heteroatoms. The Morgan fingerprint density at radius 1 is 1.13 bits per heavy atom. The van der Waals surface area contributed by atoms with Crippen LogP contribution in [0.25, 0.3) is 0 Å². The minimum Gasteiger partial charge on any atom is -0.332 e. The van der Waals surface area contributed by atoms with Crippen molar-refractivity contribution in [3.8, 4) is 0 Å². The van der Waals surface area contributed by atoms with Gasteiger partial charge in [0.1, 0.15) is 0 Å². The SMILES string of the molecule is Cn1nccc1CNC(=O)N1CCN(Cc2ccccc2)CC1. The summed E-state index contributed by atoms with van der Waals surface area (Å²) in [5.41, 5.74) is 2.32. The van der Waals surface area contributed by atoms with Crippen LogP contribution in [-0.2, 0) is 20.1 Å². The van der Waals surface area contributed by atoms with Crippen LogP contribution in [0.4, 0.5) is 4.79 Å². The molecular weight excluding hydrogens is 290 g/mol. The standard InChI is InChI=1S/C17H23N5O/c1-20-16(7-8-19-20)13-18-17(23)22-11-9-21(10-12-22)14-15-5-3-2-4-6-15/h2-8H,9-14H2,1H3,(H,18,23). The van der Waals surface area contributed by atoms with E-state index in [9.17, 15) is 4.79 Å². The number of aryl methyl sites for hydroxylation is 1. The molecule has 0 unspecified atom stereocenters. The van der Waals surface area contributed by atoms with E-state index < -0.39 is 0 Å². The van der Waals surface area contributed by atoms with E-state index in [0.29, 0.717) is 6.54 Å². The van der Waals surface area contributed by atoms with Gasteiger partial charge in [0.05, 0.1) is 12.2 Å². The van der Waals surface area contributed by atoms with Crippen LogP contribution < -0.4 is 5.32 Å². The second-order valence-corrected chi connectivity index (χ2v) is 5.85. The number of hydrogen-bond acceptors (Lipinski definition) is 3. The molecule has 1 N–H and O–H groups in total. The van der Waals surface area contributed by atoms with Gasteiger partial charge in [-0.2, -0.15) is 5.10 Å². The molecule has 0 saturated carbocycles. The van der Waals surface area contributed by atoms with Crippen LogP contribution in [0.1, 0.15) is 11.3 Å². The lowest BCUT2D eigenvalue weighted by Gasteiger charge is -2.34. The Morgan fingerprint density at radius 3 is 2.52 bits per heavy atom. The van der Waals surface area contributed by atoms with Crippen molar-refractivity contribution in [2.75, 3.05) is 26.2 Å². The van der Waals surface area contributed by atoms with Crippen molar-refractivity contribution in [2.24, 2.45) is 7.05 Å². The highest BCUT2D eigenvalue weighted by molar-refractivity contribution is 5.74. The summed E-state index contributed by atoms with van der Waals surface area (Å²) in [4.78, 5) is 16.5. The van der Waals surface area contributed by atoms with Crippen LogP contribution in [0.3, 0.4) is 0 Å². The second kappa shape index (κ2) is 7.28. The van der Waals surface area contributed by atoms with Crippen LogP contribution >= 0.6 is 0 Å². The first kappa shape index (κ1) is 15.6. The van der Waals surface area contributed by atoms with E-state index in [1.54, 1.807) is 10.9 Å². The lowest BCUT2D eigenvalue weighted by Crippen LogP contribution is -2.51. The number of benzene rings is 1. The van der Waals surface area contributed by atoms with Crippen molar-refractivity contribution < 1.29 is 4.79 Å². The van der Waals surface area contributed by atoms with Crippen molar-refractivity contribution in [3.05, 3.63) is 53.9 Å².